The molecule has 0 bridgehead atoms. The summed E-state index contributed by atoms with van der Waals surface area (Å²) in [6, 6.07) is 8.21. The van der Waals surface area contributed by atoms with Gasteiger partial charge < -0.3 is 10.6 Å². The van der Waals surface area contributed by atoms with Crippen LogP contribution in [0.1, 0.15) is 26.0 Å². The summed E-state index contributed by atoms with van der Waals surface area (Å²) in [5.41, 5.74) is 10.2. The maximum absolute atomic E-state index is 5.96. The summed E-state index contributed by atoms with van der Waals surface area (Å²) in [4.78, 5) is 7.13. The van der Waals surface area contributed by atoms with Crippen molar-refractivity contribution in [2.24, 2.45) is 11.8 Å². The highest BCUT2D eigenvalue weighted by molar-refractivity contribution is 5.94. The number of rotatable bonds is 1. The lowest BCUT2D eigenvalue weighted by Gasteiger charge is -2.37. The van der Waals surface area contributed by atoms with Gasteiger partial charge in [0.15, 0.2) is 0 Å². The molecular formula is C17H23N3. The highest BCUT2D eigenvalue weighted by atomic mass is 15.1. The van der Waals surface area contributed by atoms with E-state index in [1.54, 1.807) is 0 Å². The van der Waals surface area contributed by atoms with E-state index in [0.29, 0.717) is 0 Å². The largest absolute Gasteiger partial charge is 0.399 e. The van der Waals surface area contributed by atoms with Crippen molar-refractivity contribution in [1.82, 2.24) is 4.98 Å². The third-order valence-electron chi connectivity index (χ3n) is 4.61. The quantitative estimate of drug-likeness (QED) is 0.804. The molecule has 0 amide bonds. The van der Waals surface area contributed by atoms with Gasteiger partial charge in [-0.1, -0.05) is 13.8 Å². The van der Waals surface area contributed by atoms with Crippen LogP contribution >= 0.6 is 0 Å². The third kappa shape index (κ3) is 2.33. The fourth-order valence-electron chi connectivity index (χ4n) is 3.10. The van der Waals surface area contributed by atoms with E-state index in [1.807, 2.05) is 12.1 Å². The van der Waals surface area contributed by atoms with E-state index >= 15 is 0 Å². The van der Waals surface area contributed by atoms with Crippen molar-refractivity contribution in [3.63, 3.8) is 0 Å². The van der Waals surface area contributed by atoms with Crippen LogP contribution in [0.15, 0.2) is 24.3 Å². The smallest absolute Gasteiger partial charge is 0.0727 e. The Hall–Kier alpha value is -1.77. The Morgan fingerprint density at radius 1 is 1.20 bits per heavy atom. The Labute approximate surface area is 120 Å². The summed E-state index contributed by atoms with van der Waals surface area (Å²) in [7, 11) is 0. The van der Waals surface area contributed by atoms with Crippen LogP contribution in [0.25, 0.3) is 10.9 Å². The molecule has 1 aliphatic rings. The van der Waals surface area contributed by atoms with Gasteiger partial charge in [0.2, 0.25) is 0 Å². The Bertz CT molecular complexity index is 635. The summed E-state index contributed by atoms with van der Waals surface area (Å²) in [6.07, 6.45) is 1.26. The number of hydrogen-bond acceptors (Lipinski definition) is 3. The second-order valence-corrected chi connectivity index (χ2v) is 6.25. The second kappa shape index (κ2) is 4.97. The molecule has 3 heteroatoms. The van der Waals surface area contributed by atoms with Gasteiger partial charge in [0.1, 0.15) is 0 Å². The molecule has 1 aromatic carbocycles. The lowest BCUT2D eigenvalue weighted by Crippen LogP contribution is -2.38. The fraction of sp³-hybridized carbons (Fsp3) is 0.471. The molecule has 3 rings (SSSR count). The molecular weight excluding hydrogens is 246 g/mol. The minimum Gasteiger partial charge on any atom is -0.399 e. The first-order valence-electron chi connectivity index (χ1n) is 7.46. The highest BCUT2D eigenvalue weighted by Gasteiger charge is 2.24. The number of nitrogen functional groups attached to an aromatic ring is 1. The first kappa shape index (κ1) is 13.2. The zero-order valence-electron chi connectivity index (χ0n) is 12.6. The summed E-state index contributed by atoms with van der Waals surface area (Å²) in [5, 5.41) is 1.18. The predicted molar refractivity (Wildman–Crippen MR) is 86.1 cm³/mol. The summed E-state index contributed by atoms with van der Waals surface area (Å²) < 4.78 is 0. The molecule has 1 fully saturated rings. The van der Waals surface area contributed by atoms with Crippen LogP contribution < -0.4 is 10.6 Å². The monoisotopic (exact) mass is 269 g/mol. The normalized spacial score (nSPS) is 23.2. The number of fused-ring (bicyclic) bond motifs is 1. The molecule has 20 heavy (non-hydrogen) atoms. The van der Waals surface area contributed by atoms with E-state index in [-0.39, 0.29) is 0 Å². The van der Waals surface area contributed by atoms with E-state index in [2.05, 4.69) is 42.8 Å². The van der Waals surface area contributed by atoms with Gasteiger partial charge in [-0.05, 0) is 49.4 Å². The standard InChI is InChI=1S/C17H23N3/c1-11-6-7-20(10-12(11)2)17-8-13(3)19-16-5-4-14(18)9-15(16)17/h4-5,8-9,11-12H,6-7,10,18H2,1-3H3. The van der Waals surface area contributed by atoms with Gasteiger partial charge in [-0.2, -0.15) is 0 Å². The zero-order valence-corrected chi connectivity index (χ0v) is 12.6. The van der Waals surface area contributed by atoms with Gasteiger partial charge in [0, 0.05) is 35.5 Å². The Morgan fingerprint density at radius 2 is 2.00 bits per heavy atom. The van der Waals surface area contributed by atoms with Crippen molar-refractivity contribution >= 4 is 22.3 Å². The zero-order chi connectivity index (χ0) is 14.3. The summed E-state index contributed by atoms with van der Waals surface area (Å²) >= 11 is 0. The summed E-state index contributed by atoms with van der Waals surface area (Å²) in [6.45, 7) is 9.01. The first-order valence-corrected chi connectivity index (χ1v) is 7.46. The first-order chi connectivity index (χ1) is 9.54. The van der Waals surface area contributed by atoms with E-state index in [4.69, 9.17) is 5.73 Å². The number of hydrogen-bond donors (Lipinski definition) is 1. The SMILES string of the molecule is Cc1cc(N2CCC(C)C(C)C2)c2cc(N)ccc2n1. The minimum atomic E-state index is 0.730. The molecule has 2 N–H and O–H groups in total. The highest BCUT2D eigenvalue weighted by Crippen LogP contribution is 2.33. The van der Waals surface area contributed by atoms with Crippen LogP contribution in [-0.2, 0) is 0 Å². The molecule has 0 spiro atoms. The van der Waals surface area contributed by atoms with E-state index in [1.165, 1.54) is 17.5 Å². The van der Waals surface area contributed by atoms with Crippen LogP contribution in [0.3, 0.4) is 0 Å². The van der Waals surface area contributed by atoms with Crippen molar-refractivity contribution in [2.45, 2.75) is 27.2 Å². The average Bonchev–Trinajstić information content (AvgIpc) is 2.41. The third-order valence-corrected chi connectivity index (χ3v) is 4.61. The van der Waals surface area contributed by atoms with Gasteiger partial charge in [-0.15, -0.1) is 0 Å². The Balaban J connectivity index is 2.08. The molecule has 2 aromatic rings. The molecule has 2 unspecified atom stereocenters. The number of nitrogens with zero attached hydrogens (tertiary/aromatic N) is 2. The van der Waals surface area contributed by atoms with Crippen molar-refractivity contribution in [3.05, 3.63) is 30.0 Å². The number of anilines is 2. The van der Waals surface area contributed by atoms with E-state index < -0.39 is 0 Å². The predicted octanol–water partition coefficient (Wildman–Crippen LogP) is 3.61. The lowest BCUT2D eigenvalue weighted by atomic mass is 9.88. The molecule has 1 aliphatic heterocycles. The van der Waals surface area contributed by atoms with Crippen molar-refractivity contribution < 1.29 is 0 Å². The lowest BCUT2D eigenvalue weighted by molar-refractivity contribution is 0.324. The van der Waals surface area contributed by atoms with E-state index in [0.717, 1.165) is 41.8 Å². The Kier molecular flexibility index (Phi) is 3.28. The Morgan fingerprint density at radius 3 is 2.75 bits per heavy atom. The van der Waals surface area contributed by atoms with Crippen LogP contribution in [0.5, 0.6) is 0 Å². The van der Waals surface area contributed by atoms with Crippen LogP contribution in [0, 0.1) is 18.8 Å². The fourth-order valence-corrected chi connectivity index (χ4v) is 3.10. The minimum absolute atomic E-state index is 0.730. The van der Waals surface area contributed by atoms with Crippen molar-refractivity contribution in [3.8, 4) is 0 Å². The number of pyridine rings is 1. The number of aryl methyl sites for hydroxylation is 1. The molecule has 1 saturated heterocycles. The number of benzene rings is 1. The van der Waals surface area contributed by atoms with Gasteiger partial charge >= 0.3 is 0 Å². The number of piperidine rings is 1. The van der Waals surface area contributed by atoms with E-state index in [9.17, 15) is 0 Å². The van der Waals surface area contributed by atoms with Gasteiger partial charge in [0.25, 0.3) is 0 Å². The maximum Gasteiger partial charge on any atom is 0.0727 e. The molecule has 0 radical (unpaired) electrons. The van der Waals surface area contributed by atoms with Gasteiger partial charge in [0.05, 0.1) is 5.52 Å². The molecule has 2 heterocycles. The molecule has 0 saturated carbocycles. The number of aromatic nitrogens is 1. The molecule has 106 valence electrons. The van der Waals surface area contributed by atoms with Gasteiger partial charge in [-0.3, -0.25) is 4.98 Å². The molecule has 0 aliphatic carbocycles. The summed E-state index contributed by atoms with van der Waals surface area (Å²) in [5.74, 6) is 1.54. The van der Waals surface area contributed by atoms with Crippen LogP contribution in [0.2, 0.25) is 0 Å². The molecule has 1 aromatic heterocycles. The van der Waals surface area contributed by atoms with Crippen LogP contribution in [0.4, 0.5) is 11.4 Å². The van der Waals surface area contributed by atoms with Crippen molar-refractivity contribution in [2.75, 3.05) is 23.7 Å². The molecule has 2 atom stereocenters. The topological polar surface area (TPSA) is 42.1 Å². The molecule has 3 nitrogen and oxygen atoms in total. The second-order valence-electron chi connectivity index (χ2n) is 6.25. The number of nitrogens with two attached hydrogens (primary N) is 1. The maximum atomic E-state index is 5.96. The van der Waals surface area contributed by atoms with Gasteiger partial charge in [-0.25, -0.2) is 0 Å². The average molecular weight is 269 g/mol. The van der Waals surface area contributed by atoms with Crippen LogP contribution in [-0.4, -0.2) is 18.1 Å². The van der Waals surface area contributed by atoms with Crippen molar-refractivity contribution in [1.29, 1.82) is 0 Å².